The van der Waals surface area contributed by atoms with Gasteiger partial charge in [-0.15, -0.1) is 0 Å². The number of nitrogens with one attached hydrogen (secondary N) is 1. The lowest BCUT2D eigenvalue weighted by molar-refractivity contribution is 0.398. The average molecular weight is 366 g/mol. The van der Waals surface area contributed by atoms with Gasteiger partial charge in [-0.05, 0) is 30.2 Å². The summed E-state index contributed by atoms with van der Waals surface area (Å²) < 4.78 is 29.6. The highest BCUT2D eigenvalue weighted by Crippen LogP contribution is 2.38. The van der Waals surface area contributed by atoms with Crippen LogP contribution in [0.25, 0.3) is 10.9 Å². The van der Waals surface area contributed by atoms with E-state index in [1.807, 2.05) is 0 Å². The summed E-state index contributed by atoms with van der Waals surface area (Å²) in [5.41, 5.74) is 2.89. The number of anilines is 2. The molecule has 0 amide bonds. The van der Waals surface area contributed by atoms with Crippen molar-refractivity contribution in [2.24, 2.45) is 0 Å². The van der Waals surface area contributed by atoms with Gasteiger partial charge in [0, 0.05) is 17.6 Å². The lowest BCUT2D eigenvalue weighted by atomic mass is 10.0. The van der Waals surface area contributed by atoms with E-state index in [4.69, 9.17) is 4.74 Å². The highest BCUT2D eigenvalue weighted by Gasteiger charge is 2.29. The molecule has 0 spiro atoms. The number of sulfone groups is 1. The number of pyridine rings is 2. The minimum atomic E-state index is -3.28. The number of ether oxygens (including phenoxy) is 1. The molecule has 26 heavy (non-hydrogen) atoms. The van der Waals surface area contributed by atoms with Gasteiger partial charge in [0.1, 0.15) is 6.07 Å². The van der Waals surface area contributed by atoms with E-state index < -0.39 is 9.84 Å². The predicted molar refractivity (Wildman–Crippen MR) is 96.3 cm³/mol. The molecule has 0 aliphatic carbocycles. The number of aromatic nitrogens is 2. The number of nitrogens with zero attached hydrogens (tertiary/aromatic N) is 3. The molecule has 0 fully saturated rings. The van der Waals surface area contributed by atoms with Crippen LogP contribution in [0.15, 0.2) is 41.6 Å². The molecule has 0 saturated carbocycles. The van der Waals surface area contributed by atoms with Crippen LogP contribution in [0.3, 0.4) is 0 Å². The monoisotopic (exact) mass is 366 g/mol. The van der Waals surface area contributed by atoms with E-state index in [9.17, 15) is 13.7 Å². The molecule has 1 aliphatic rings. The van der Waals surface area contributed by atoms with E-state index in [0.29, 0.717) is 50.6 Å². The van der Waals surface area contributed by atoms with Crippen LogP contribution in [-0.2, 0) is 16.3 Å². The van der Waals surface area contributed by atoms with Crippen molar-refractivity contribution in [1.29, 1.82) is 5.26 Å². The van der Waals surface area contributed by atoms with Gasteiger partial charge in [-0.25, -0.2) is 13.4 Å². The second-order valence-electron chi connectivity index (χ2n) is 5.88. The summed E-state index contributed by atoms with van der Waals surface area (Å²) in [5.74, 6) is 0.546. The molecule has 0 radical (unpaired) electrons. The number of hydrogen-bond donors (Lipinski definition) is 1. The van der Waals surface area contributed by atoms with Crippen LogP contribution in [0, 0.1) is 11.3 Å². The zero-order valence-electron chi connectivity index (χ0n) is 13.9. The fourth-order valence-corrected chi connectivity index (χ4v) is 4.70. The quantitative estimate of drug-likeness (QED) is 0.759. The first kappa shape index (κ1) is 16.3. The molecular formula is C18H14N4O3S. The van der Waals surface area contributed by atoms with Gasteiger partial charge >= 0.3 is 0 Å². The van der Waals surface area contributed by atoms with Gasteiger partial charge in [-0.2, -0.15) is 5.26 Å². The number of rotatable bonds is 3. The molecule has 4 rings (SSSR count). The standard InChI is InChI=1S/C18H14N4O3S/c1-25-16-5-2-12(10-21-16)22-18-11(8-19)9-20-14-3-4-15-13(17(14)18)6-7-26(15,23)24/h2-5,9-10H,6-7H2,1H3,(H,20,22). The van der Waals surface area contributed by atoms with Crippen LogP contribution >= 0.6 is 0 Å². The Morgan fingerprint density at radius 3 is 2.73 bits per heavy atom. The summed E-state index contributed by atoms with van der Waals surface area (Å²) in [5, 5.41) is 13.4. The third-order valence-corrected chi connectivity index (χ3v) is 6.19. The van der Waals surface area contributed by atoms with Crippen LogP contribution < -0.4 is 10.1 Å². The van der Waals surface area contributed by atoms with Crippen LogP contribution in [0.5, 0.6) is 5.88 Å². The first-order valence-electron chi connectivity index (χ1n) is 7.88. The van der Waals surface area contributed by atoms with Gasteiger partial charge in [0.15, 0.2) is 9.84 Å². The Hall–Kier alpha value is -3.18. The van der Waals surface area contributed by atoms with E-state index in [1.54, 1.807) is 30.5 Å². The first-order chi connectivity index (χ1) is 12.5. The van der Waals surface area contributed by atoms with Crippen molar-refractivity contribution >= 4 is 32.1 Å². The third kappa shape index (κ3) is 2.53. The Bertz CT molecular complexity index is 1170. The maximum absolute atomic E-state index is 12.3. The summed E-state index contributed by atoms with van der Waals surface area (Å²) in [6.45, 7) is 0. The average Bonchev–Trinajstić information content (AvgIpc) is 2.97. The smallest absolute Gasteiger partial charge is 0.213 e. The van der Waals surface area contributed by atoms with Gasteiger partial charge in [0.05, 0.1) is 46.4 Å². The molecule has 1 aliphatic heterocycles. The maximum Gasteiger partial charge on any atom is 0.213 e. The molecule has 130 valence electrons. The summed E-state index contributed by atoms with van der Waals surface area (Å²) in [4.78, 5) is 8.78. The van der Waals surface area contributed by atoms with E-state index in [0.717, 1.165) is 0 Å². The summed E-state index contributed by atoms with van der Waals surface area (Å²) >= 11 is 0. The minimum absolute atomic E-state index is 0.0712. The molecule has 0 bridgehead atoms. The molecule has 8 heteroatoms. The molecule has 7 nitrogen and oxygen atoms in total. The molecule has 1 N–H and O–H groups in total. The van der Waals surface area contributed by atoms with Crippen molar-refractivity contribution in [1.82, 2.24) is 9.97 Å². The number of nitriles is 1. The second kappa shape index (κ2) is 5.97. The van der Waals surface area contributed by atoms with Crippen molar-refractivity contribution in [2.75, 3.05) is 18.2 Å². The number of benzene rings is 1. The van der Waals surface area contributed by atoms with Gasteiger partial charge in [0.2, 0.25) is 5.88 Å². The minimum Gasteiger partial charge on any atom is -0.481 e. The molecule has 1 aromatic carbocycles. The third-order valence-electron chi connectivity index (χ3n) is 4.39. The zero-order chi connectivity index (χ0) is 18.3. The SMILES string of the molecule is COc1ccc(Nc2c(C#N)cnc3ccc4c(c23)CCS4(=O)=O)cn1. The van der Waals surface area contributed by atoms with Crippen LogP contribution in [0.4, 0.5) is 11.4 Å². The Kier molecular flexibility index (Phi) is 3.74. The largest absolute Gasteiger partial charge is 0.481 e. The van der Waals surface area contributed by atoms with Crippen molar-refractivity contribution in [2.45, 2.75) is 11.3 Å². The fourth-order valence-electron chi connectivity index (χ4n) is 3.16. The molecular weight excluding hydrogens is 352 g/mol. The summed E-state index contributed by atoms with van der Waals surface area (Å²) in [6.07, 6.45) is 3.48. The van der Waals surface area contributed by atoms with E-state index in [1.165, 1.54) is 13.3 Å². The van der Waals surface area contributed by atoms with Crippen LogP contribution in [0.2, 0.25) is 0 Å². The molecule has 0 unspecified atom stereocenters. The number of methoxy groups -OCH3 is 1. The van der Waals surface area contributed by atoms with Crippen LogP contribution in [0.1, 0.15) is 11.1 Å². The molecule has 3 heterocycles. The van der Waals surface area contributed by atoms with E-state index >= 15 is 0 Å². The van der Waals surface area contributed by atoms with Gasteiger partial charge < -0.3 is 10.1 Å². The van der Waals surface area contributed by atoms with E-state index in [-0.39, 0.29) is 5.75 Å². The Labute approximate surface area is 150 Å². The lowest BCUT2D eigenvalue weighted by Gasteiger charge is -2.14. The number of aryl methyl sites for hydroxylation is 1. The van der Waals surface area contributed by atoms with Crippen molar-refractivity contribution < 1.29 is 13.2 Å². The molecule has 2 aromatic heterocycles. The Morgan fingerprint density at radius 2 is 2.04 bits per heavy atom. The topological polar surface area (TPSA) is 105 Å². The zero-order valence-corrected chi connectivity index (χ0v) is 14.7. The van der Waals surface area contributed by atoms with Gasteiger partial charge in [0.25, 0.3) is 0 Å². The highest BCUT2D eigenvalue weighted by molar-refractivity contribution is 7.91. The van der Waals surface area contributed by atoms with Gasteiger partial charge in [-0.1, -0.05) is 0 Å². The van der Waals surface area contributed by atoms with Crippen molar-refractivity contribution in [3.05, 3.63) is 47.8 Å². The van der Waals surface area contributed by atoms with Crippen LogP contribution in [-0.4, -0.2) is 31.2 Å². The lowest BCUT2D eigenvalue weighted by Crippen LogP contribution is -2.01. The van der Waals surface area contributed by atoms with Crippen molar-refractivity contribution in [3.8, 4) is 11.9 Å². The maximum atomic E-state index is 12.3. The highest BCUT2D eigenvalue weighted by atomic mass is 32.2. The normalized spacial score (nSPS) is 14.6. The Morgan fingerprint density at radius 1 is 1.19 bits per heavy atom. The summed E-state index contributed by atoms with van der Waals surface area (Å²) in [7, 11) is -1.75. The predicted octanol–water partition coefficient (Wildman–Crippen LogP) is 2.58. The molecule has 0 saturated heterocycles. The van der Waals surface area contributed by atoms with E-state index in [2.05, 4.69) is 21.4 Å². The first-order valence-corrected chi connectivity index (χ1v) is 9.53. The molecule has 3 aromatic rings. The fraction of sp³-hybridized carbons (Fsp3) is 0.167. The summed E-state index contributed by atoms with van der Waals surface area (Å²) in [6, 6.07) is 8.87. The number of fused-ring (bicyclic) bond motifs is 3. The Balaban J connectivity index is 1.94. The number of hydrogen-bond acceptors (Lipinski definition) is 7. The van der Waals surface area contributed by atoms with Crippen molar-refractivity contribution in [3.63, 3.8) is 0 Å². The van der Waals surface area contributed by atoms with Gasteiger partial charge in [-0.3, -0.25) is 4.98 Å². The molecule has 0 atom stereocenters. The second-order valence-corrected chi connectivity index (χ2v) is 7.96.